The van der Waals surface area contributed by atoms with Crippen LogP contribution in [0.3, 0.4) is 0 Å². The number of hydrogen-bond acceptors (Lipinski definition) is 2. The largest absolute Gasteiger partial charge is 0.393 e. The fraction of sp³-hybridized carbons (Fsp3) is 1.00. The van der Waals surface area contributed by atoms with Crippen LogP contribution in [0.15, 0.2) is 0 Å². The minimum atomic E-state index is -0.157. The summed E-state index contributed by atoms with van der Waals surface area (Å²) in [6, 6.07) is 0. The van der Waals surface area contributed by atoms with Crippen molar-refractivity contribution in [3.8, 4) is 0 Å². The Labute approximate surface area is 68.6 Å². The normalized spacial score (nSPS) is 32.7. The molecule has 0 aromatic carbocycles. The Balaban J connectivity index is 2.58. The van der Waals surface area contributed by atoms with Crippen LogP contribution in [0.4, 0.5) is 0 Å². The van der Waals surface area contributed by atoms with Crippen LogP contribution in [-0.4, -0.2) is 23.9 Å². The number of rotatable bonds is 2. The first-order valence-electron chi connectivity index (χ1n) is 4.31. The van der Waals surface area contributed by atoms with Gasteiger partial charge < -0.3 is 9.84 Å². The molecule has 1 fully saturated rings. The van der Waals surface area contributed by atoms with Crippen molar-refractivity contribution in [3.05, 3.63) is 0 Å². The van der Waals surface area contributed by atoms with Gasteiger partial charge in [0.05, 0.1) is 11.7 Å². The molecule has 2 atom stereocenters. The number of ether oxygens (including phenoxy) is 1. The van der Waals surface area contributed by atoms with Crippen LogP contribution in [0.25, 0.3) is 0 Å². The molecule has 1 aliphatic rings. The van der Waals surface area contributed by atoms with E-state index in [2.05, 4.69) is 0 Å². The van der Waals surface area contributed by atoms with Crippen molar-refractivity contribution in [2.75, 3.05) is 7.11 Å². The quantitative estimate of drug-likeness (QED) is 0.661. The van der Waals surface area contributed by atoms with E-state index in [1.807, 2.05) is 13.8 Å². The van der Waals surface area contributed by atoms with E-state index in [0.29, 0.717) is 5.92 Å². The molecule has 1 N–H and O–H groups in total. The lowest BCUT2D eigenvalue weighted by Crippen LogP contribution is -2.37. The Kier molecular flexibility index (Phi) is 2.55. The molecule has 2 nitrogen and oxygen atoms in total. The van der Waals surface area contributed by atoms with E-state index in [9.17, 15) is 5.11 Å². The van der Waals surface area contributed by atoms with Gasteiger partial charge in [0.1, 0.15) is 0 Å². The minimum absolute atomic E-state index is 0.148. The maximum Gasteiger partial charge on any atom is 0.0675 e. The van der Waals surface area contributed by atoms with E-state index < -0.39 is 0 Å². The fourth-order valence-electron chi connectivity index (χ4n) is 1.90. The van der Waals surface area contributed by atoms with Crippen molar-refractivity contribution in [2.24, 2.45) is 5.92 Å². The van der Waals surface area contributed by atoms with E-state index in [-0.39, 0.29) is 11.7 Å². The molecule has 0 unspecified atom stereocenters. The Bertz CT molecular complexity index is 132. The third kappa shape index (κ3) is 1.74. The molecule has 0 bridgehead atoms. The van der Waals surface area contributed by atoms with Gasteiger partial charge in [-0.1, -0.05) is 6.42 Å². The third-order valence-electron chi connectivity index (χ3n) is 2.90. The molecular weight excluding hydrogens is 140 g/mol. The van der Waals surface area contributed by atoms with Gasteiger partial charge in [-0.05, 0) is 26.7 Å². The summed E-state index contributed by atoms with van der Waals surface area (Å²) in [5.74, 6) is 0.326. The molecule has 0 amide bonds. The van der Waals surface area contributed by atoms with Gasteiger partial charge in [0.25, 0.3) is 0 Å². The molecule has 0 heterocycles. The van der Waals surface area contributed by atoms with Gasteiger partial charge in [-0.15, -0.1) is 0 Å². The Morgan fingerprint density at radius 1 is 1.36 bits per heavy atom. The number of methoxy groups -OCH3 is 1. The molecule has 66 valence electrons. The van der Waals surface area contributed by atoms with E-state index in [0.717, 1.165) is 19.3 Å². The molecule has 0 saturated heterocycles. The summed E-state index contributed by atoms with van der Waals surface area (Å²) in [5.41, 5.74) is -0.157. The van der Waals surface area contributed by atoms with Crippen LogP contribution in [0.5, 0.6) is 0 Å². The first-order valence-corrected chi connectivity index (χ1v) is 4.31. The second kappa shape index (κ2) is 3.11. The molecule has 1 aliphatic carbocycles. The zero-order chi connectivity index (χ0) is 8.48. The maximum atomic E-state index is 9.58. The lowest BCUT2D eigenvalue weighted by Gasteiger charge is -2.32. The molecule has 0 aromatic heterocycles. The Hall–Kier alpha value is -0.0800. The summed E-state index contributed by atoms with van der Waals surface area (Å²) in [6.45, 7) is 4.10. The van der Waals surface area contributed by atoms with Crippen LogP contribution in [0.2, 0.25) is 0 Å². The zero-order valence-electron chi connectivity index (χ0n) is 7.63. The molecular formula is C9H18O2. The van der Waals surface area contributed by atoms with Crippen LogP contribution in [-0.2, 0) is 4.74 Å². The summed E-state index contributed by atoms with van der Waals surface area (Å²) in [5, 5.41) is 9.58. The monoisotopic (exact) mass is 158 g/mol. The molecule has 0 radical (unpaired) electrons. The van der Waals surface area contributed by atoms with Crippen LogP contribution in [0, 0.1) is 5.92 Å². The molecule has 1 saturated carbocycles. The Morgan fingerprint density at radius 3 is 2.36 bits per heavy atom. The maximum absolute atomic E-state index is 9.58. The molecule has 2 heteroatoms. The van der Waals surface area contributed by atoms with Crippen molar-refractivity contribution in [2.45, 2.75) is 44.8 Å². The molecule has 0 aliphatic heterocycles. The topological polar surface area (TPSA) is 29.5 Å². The van der Waals surface area contributed by atoms with Crippen molar-refractivity contribution in [1.82, 2.24) is 0 Å². The van der Waals surface area contributed by atoms with Gasteiger partial charge in [-0.3, -0.25) is 0 Å². The second-order valence-electron chi connectivity index (χ2n) is 3.91. The average Bonchev–Trinajstić information content (AvgIpc) is 2.36. The average molecular weight is 158 g/mol. The van der Waals surface area contributed by atoms with Gasteiger partial charge in [0.2, 0.25) is 0 Å². The van der Waals surface area contributed by atoms with E-state index in [1.54, 1.807) is 7.11 Å². The highest BCUT2D eigenvalue weighted by molar-refractivity contribution is 4.88. The van der Waals surface area contributed by atoms with Gasteiger partial charge >= 0.3 is 0 Å². The highest BCUT2D eigenvalue weighted by Crippen LogP contribution is 2.35. The van der Waals surface area contributed by atoms with Crippen molar-refractivity contribution >= 4 is 0 Å². The predicted molar refractivity (Wildman–Crippen MR) is 44.4 cm³/mol. The third-order valence-corrected chi connectivity index (χ3v) is 2.90. The standard InChI is InChI=1S/C9H18O2/c1-9(2,11-3)7-5-4-6-8(7)10/h7-8,10H,4-6H2,1-3H3/t7-,8+/m0/s1. The summed E-state index contributed by atoms with van der Waals surface area (Å²) in [4.78, 5) is 0. The van der Waals surface area contributed by atoms with Crippen LogP contribution < -0.4 is 0 Å². The summed E-state index contributed by atoms with van der Waals surface area (Å²) < 4.78 is 5.33. The van der Waals surface area contributed by atoms with Gasteiger partial charge in [0, 0.05) is 13.0 Å². The number of aliphatic hydroxyl groups is 1. The predicted octanol–water partition coefficient (Wildman–Crippen LogP) is 1.57. The van der Waals surface area contributed by atoms with E-state index in [1.165, 1.54) is 0 Å². The highest BCUT2D eigenvalue weighted by atomic mass is 16.5. The SMILES string of the molecule is COC(C)(C)[C@H]1CCC[C@H]1O. The van der Waals surface area contributed by atoms with Gasteiger partial charge in [0.15, 0.2) is 0 Å². The smallest absolute Gasteiger partial charge is 0.0675 e. The Morgan fingerprint density at radius 2 is 2.00 bits per heavy atom. The minimum Gasteiger partial charge on any atom is -0.393 e. The summed E-state index contributed by atoms with van der Waals surface area (Å²) in [6.07, 6.45) is 3.03. The molecule has 0 aromatic rings. The van der Waals surface area contributed by atoms with Crippen molar-refractivity contribution in [3.63, 3.8) is 0 Å². The second-order valence-corrected chi connectivity index (χ2v) is 3.91. The summed E-state index contributed by atoms with van der Waals surface area (Å²) >= 11 is 0. The van der Waals surface area contributed by atoms with Gasteiger partial charge in [-0.25, -0.2) is 0 Å². The van der Waals surface area contributed by atoms with Crippen LogP contribution in [0.1, 0.15) is 33.1 Å². The highest BCUT2D eigenvalue weighted by Gasteiger charge is 2.37. The van der Waals surface area contributed by atoms with Crippen LogP contribution >= 0.6 is 0 Å². The number of aliphatic hydroxyl groups excluding tert-OH is 1. The van der Waals surface area contributed by atoms with Crippen molar-refractivity contribution < 1.29 is 9.84 Å². The number of hydrogen-bond donors (Lipinski definition) is 1. The summed E-state index contributed by atoms with van der Waals surface area (Å²) in [7, 11) is 1.71. The van der Waals surface area contributed by atoms with Crippen molar-refractivity contribution in [1.29, 1.82) is 0 Å². The lowest BCUT2D eigenvalue weighted by atomic mass is 9.88. The van der Waals surface area contributed by atoms with E-state index in [4.69, 9.17) is 4.74 Å². The van der Waals surface area contributed by atoms with Gasteiger partial charge in [-0.2, -0.15) is 0 Å². The zero-order valence-corrected chi connectivity index (χ0v) is 7.63. The first-order chi connectivity index (χ1) is 5.08. The van der Waals surface area contributed by atoms with E-state index >= 15 is 0 Å². The molecule has 1 rings (SSSR count). The fourth-order valence-corrected chi connectivity index (χ4v) is 1.90. The molecule has 11 heavy (non-hydrogen) atoms. The first kappa shape index (κ1) is 9.01. The lowest BCUT2D eigenvalue weighted by molar-refractivity contribution is -0.0627. The molecule has 0 spiro atoms.